The maximum Gasteiger partial charge on any atom is 0.234 e. The molecule has 0 atom stereocenters. The third-order valence-corrected chi connectivity index (χ3v) is 4.82. The van der Waals surface area contributed by atoms with Crippen LogP contribution < -0.4 is 0 Å². The summed E-state index contributed by atoms with van der Waals surface area (Å²) in [6.07, 6.45) is 0. The maximum absolute atomic E-state index is 12.8. The van der Waals surface area contributed by atoms with Crippen molar-refractivity contribution in [1.82, 2.24) is 0 Å². The SMILES string of the molecule is Cc1ccccc1C(=O)C(=O)c1c(C)c(C)c(C)c(C)c1C. The first-order valence-corrected chi connectivity index (χ1v) is 7.49. The lowest BCUT2D eigenvalue weighted by molar-refractivity contribution is 0.0815. The summed E-state index contributed by atoms with van der Waals surface area (Å²) >= 11 is 0. The molecule has 0 aliphatic carbocycles. The number of hydrogen-bond donors (Lipinski definition) is 0. The second-order valence-corrected chi connectivity index (χ2v) is 5.97. The third-order valence-electron chi connectivity index (χ3n) is 4.82. The highest BCUT2D eigenvalue weighted by atomic mass is 16.2. The summed E-state index contributed by atoms with van der Waals surface area (Å²) in [6.45, 7) is 11.8. The molecule has 2 rings (SSSR count). The Morgan fingerprint density at radius 3 is 1.59 bits per heavy atom. The Labute approximate surface area is 132 Å². The Morgan fingerprint density at radius 2 is 1.09 bits per heavy atom. The fourth-order valence-corrected chi connectivity index (χ4v) is 2.90. The average Bonchev–Trinajstić information content (AvgIpc) is 2.51. The molecular weight excluding hydrogens is 272 g/mol. The van der Waals surface area contributed by atoms with E-state index in [4.69, 9.17) is 0 Å². The van der Waals surface area contributed by atoms with Crippen LogP contribution in [0.25, 0.3) is 0 Å². The first kappa shape index (κ1) is 16.2. The molecule has 22 heavy (non-hydrogen) atoms. The Morgan fingerprint density at radius 1 is 0.636 bits per heavy atom. The number of carbonyl (C=O) groups excluding carboxylic acids is 2. The van der Waals surface area contributed by atoms with E-state index in [0.29, 0.717) is 11.1 Å². The van der Waals surface area contributed by atoms with Crippen LogP contribution in [0.2, 0.25) is 0 Å². The molecule has 0 fully saturated rings. The van der Waals surface area contributed by atoms with Gasteiger partial charge in [0.25, 0.3) is 0 Å². The molecule has 0 N–H and O–H groups in total. The molecule has 0 saturated heterocycles. The molecule has 0 aromatic heterocycles. The molecule has 0 amide bonds. The Bertz CT molecular complexity index is 754. The van der Waals surface area contributed by atoms with E-state index in [9.17, 15) is 9.59 Å². The third kappa shape index (κ3) is 2.50. The van der Waals surface area contributed by atoms with Crippen molar-refractivity contribution in [3.63, 3.8) is 0 Å². The van der Waals surface area contributed by atoms with Crippen molar-refractivity contribution in [3.8, 4) is 0 Å². The van der Waals surface area contributed by atoms with Crippen molar-refractivity contribution in [2.24, 2.45) is 0 Å². The summed E-state index contributed by atoms with van der Waals surface area (Å²) in [5.41, 5.74) is 7.07. The first-order chi connectivity index (χ1) is 10.3. The number of hydrogen-bond acceptors (Lipinski definition) is 2. The van der Waals surface area contributed by atoms with E-state index in [-0.39, 0.29) is 0 Å². The van der Waals surface area contributed by atoms with Crippen LogP contribution >= 0.6 is 0 Å². The second kappa shape index (κ2) is 5.88. The topological polar surface area (TPSA) is 34.1 Å². The lowest BCUT2D eigenvalue weighted by Gasteiger charge is -2.17. The normalized spacial score (nSPS) is 10.6. The van der Waals surface area contributed by atoms with Gasteiger partial charge in [-0.05, 0) is 74.9 Å². The molecule has 0 aliphatic rings. The molecule has 2 aromatic rings. The minimum absolute atomic E-state index is 0.407. The zero-order valence-electron chi connectivity index (χ0n) is 14.1. The second-order valence-electron chi connectivity index (χ2n) is 5.97. The quantitative estimate of drug-likeness (QED) is 0.612. The molecule has 0 unspecified atom stereocenters. The largest absolute Gasteiger partial charge is 0.285 e. The number of ketones is 2. The smallest absolute Gasteiger partial charge is 0.234 e. The minimum atomic E-state index is -0.424. The molecule has 0 radical (unpaired) electrons. The molecule has 0 bridgehead atoms. The number of aryl methyl sites for hydroxylation is 1. The highest BCUT2D eigenvalue weighted by molar-refractivity contribution is 6.50. The van der Waals surface area contributed by atoms with Gasteiger partial charge in [-0.1, -0.05) is 24.3 Å². The van der Waals surface area contributed by atoms with Crippen LogP contribution in [0.3, 0.4) is 0 Å². The molecule has 114 valence electrons. The van der Waals surface area contributed by atoms with Gasteiger partial charge in [0.1, 0.15) is 0 Å². The summed E-state index contributed by atoms with van der Waals surface area (Å²) in [4.78, 5) is 25.4. The van der Waals surface area contributed by atoms with Crippen molar-refractivity contribution < 1.29 is 9.59 Å². The van der Waals surface area contributed by atoms with Crippen molar-refractivity contribution >= 4 is 11.6 Å². The summed E-state index contributed by atoms with van der Waals surface area (Å²) in [6, 6.07) is 7.23. The molecule has 0 heterocycles. The monoisotopic (exact) mass is 294 g/mol. The zero-order valence-corrected chi connectivity index (χ0v) is 14.1. The highest BCUT2D eigenvalue weighted by Gasteiger charge is 2.25. The fourth-order valence-electron chi connectivity index (χ4n) is 2.90. The standard InChI is InChI=1S/C20H22O2/c1-11-9-7-8-10-17(11)19(21)20(22)18-15(5)13(3)12(2)14(4)16(18)6/h7-10H,1-6H3. The van der Waals surface area contributed by atoms with Crippen molar-refractivity contribution in [1.29, 1.82) is 0 Å². The lowest BCUT2D eigenvalue weighted by atomic mass is 9.85. The minimum Gasteiger partial charge on any atom is -0.285 e. The van der Waals surface area contributed by atoms with Gasteiger partial charge in [0.15, 0.2) is 0 Å². The molecule has 0 spiro atoms. The van der Waals surface area contributed by atoms with Crippen molar-refractivity contribution in [2.45, 2.75) is 41.5 Å². The molecule has 2 aromatic carbocycles. The van der Waals surface area contributed by atoms with Gasteiger partial charge in [0.2, 0.25) is 11.6 Å². The van der Waals surface area contributed by atoms with Gasteiger partial charge in [-0.25, -0.2) is 0 Å². The number of Topliss-reactive ketones (excluding diaryl/α,β-unsaturated/α-hetero) is 2. The predicted octanol–water partition coefficient (Wildman–Crippen LogP) is 4.60. The van der Waals surface area contributed by atoms with Gasteiger partial charge in [-0.2, -0.15) is 0 Å². The number of benzene rings is 2. The Hall–Kier alpha value is -2.22. The van der Waals surface area contributed by atoms with Gasteiger partial charge in [-0.3, -0.25) is 9.59 Å². The van der Waals surface area contributed by atoms with Crippen molar-refractivity contribution in [3.05, 3.63) is 68.8 Å². The fraction of sp³-hybridized carbons (Fsp3) is 0.300. The number of rotatable bonds is 3. The summed E-state index contributed by atoms with van der Waals surface area (Å²) < 4.78 is 0. The van der Waals surface area contributed by atoms with E-state index in [2.05, 4.69) is 6.92 Å². The van der Waals surface area contributed by atoms with Crippen LogP contribution in [0.4, 0.5) is 0 Å². The highest BCUT2D eigenvalue weighted by Crippen LogP contribution is 2.27. The van der Waals surface area contributed by atoms with Crippen LogP contribution in [0.5, 0.6) is 0 Å². The summed E-state index contributed by atoms with van der Waals surface area (Å²) in [7, 11) is 0. The molecule has 2 heteroatoms. The van der Waals surface area contributed by atoms with E-state index in [0.717, 1.165) is 27.8 Å². The van der Waals surface area contributed by atoms with E-state index in [1.807, 2.05) is 46.8 Å². The maximum atomic E-state index is 12.8. The Balaban J connectivity index is 2.61. The van der Waals surface area contributed by atoms with E-state index >= 15 is 0 Å². The first-order valence-electron chi connectivity index (χ1n) is 7.49. The van der Waals surface area contributed by atoms with Crippen LogP contribution in [-0.2, 0) is 0 Å². The summed E-state index contributed by atoms with van der Waals surface area (Å²) in [5, 5.41) is 0. The van der Waals surface area contributed by atoms with E-state index in [1.165, 1.54) is 5.56 Å². The van der Waals surface area contributed by atoms with E-state index in [1.54, 1.807) is 12.1 Å². The summed E-state index contributed by atoms with van der Waals surface area (Å²) in [5.74, 6) is -0.831. The van der Waals surface area contributed by atoms with Gasteiger partial charge in [-0.15, -0.1) is 0 Å². The van der Waals surface area contributed by atoms with Crippen LogP contribution in [0.15, 0.2) is 24.3 Å². The van der Waals surface area contributed by atoms with Gasteiger partial charge < -0.3 is 0 Å². The van der Waals surface area contributed by atoms with Crippen LogP contribution in [-0.4, -0.2) is 11.6 Å². The van der Waals surface area contributed by atoms with Gasteiger partial charge in [0.05, 0.1) is 0 Å². The zero-order chi connectivity index (χ0) is 16.6. The molecule has 0 aliphatic heterocycles. The Kier molecular flexibility index (Phi) is 4.32. The number of carbonyl (C=O) groups is 2. The molecule has 0 saturated carbocycles. The van der Waals surface area contributed by atoms with Gasteiger partial charge >= 0.3 is 0 Å². The van der Waals surface area contributed by atoms with Crippen LogP contribution in [0.1, 0.15) is 54.1 Å². The van der Waals surface area contributed by atoms with Crippen molar-refractivity contribution in [2.75, 3.05) is 0 Å². The molecule has 2 nitrogen and oxygen atoms in total. The average molecular weight is 294 g/mol. The van der Waals surface area contributed by atoms with Gasteiger partial charge in [0, 0.05) is 11.1 Å². The lowest BCUT2D eigenvalue weighted by Crippen LogP contribution is -2.19. The van der Waals surface area contributed by atoms with E-state index < -0.39 is 11.6 Å². The molecular formula is C20H22O2. The predicted molar refractivity (Wildman–Crippen MR) is 90.0 cm³/mol. The van der Waals surface area contributed by atoms with Crippen LogP contribution in [0, 0.1) is 41.5 Å².